The summed E-state index contributed by atoms with van der Waals surface area (Å²) >= 11 is 6.84. The zero-order valence-corrected chi connectivity index (χ0v) is 20.1. The molecule has 1 aliphatic rings. The Morgan fingerprint density at radius 2 is 1.83 bits per heavy atom. The molecule has 2 amide bonds. The molecule has 0 bridgehead atoms. The largest absolute Gasteiger partial charge is 0.490 e. The Kier molecular flexibility index (Phi) is 7.53. The van der Waals surface area contributed by atoms with Crippen LogP contribution in [0.15, 0.2) is 71.6 Å². The van der Waals surface area contributed by atoms with Crippen LogP contribution in [0.2, 0.25) is 5.02 Å². The average molecular weight is 512 g/mol. The van der Waals surface area contributed by atoms with E-state index in [0.29, 0.717) is 29.0 Å². The van der Waals surface area contributed by atoms with E-state index in [-0.39, 0.29) is 22.2 Å². The van der Waals surface area contributed by atoms with Gasteiger partial charge < -0.3 is 9.47 Å². The highest BCUT2D eigenvalue weighted by atomic mass is 35.5. The third kappa shape index (κ3) is 5.72. The highest BCUT2D eigenvalue weighted by Crippen LogP contribution is 2.36. The molecular weight excluding hydrogens is 493 g/mol. The first-order valence-corrected chi connectivity index (χ1v) is 11.8. The van der Waals surface area contributed by atoms with Crippen LogP contribution < -0.4 is 9.47 Å². The number of carbonyl (C=O) groups excluding carboxylic acids is 3. The van der Waals surface area contributed by atoms with E-state index in [4.69, 9.17) is 21.1 Å². The molecule has 0 aromatic heterocycles. The Hall–Kier alpha value is -3.62. The van der Waals surface area contributed by atoms with E-state index < -0.39 is 22.9 Å². The summed E-state index contributed by atoms with van der Waals surface area (Å²) in [6.45, 7) is 2.05. The smallest absolute Gasteiger partial charge is 0.343 e. The molecule has 4 rings (SSSR count). The van der Waals surface area contributed by atoms with Gasteiger partial charge in [0, 0.05) is 5.02 Å². The van der Waals surface area contributed by atoms with Crippen LogP contribution in [0.1, 0.15) is 28.4 Å². The van der Waals surface area contributed by atoms with Crippen LogP contribution in [0.25, 0.3) is 6.08 Å². The van der Waals surface area contributed by atoms with Crippen molar-refractivity contribution in [3.05, 3.63) is 99.2 Å². The minimum absolute atomic E-state index is 0.0698. The standard InChI is InChI=1S/C26H19ClFNO5S/c1-2-33-22-12-16(8-11-21(22)34-25(31)17-6-4-3-5-7-17)13-23-24(30)29(26(32)35-23)15-18-9-10-19(28)14-20(18)27/h3-14H,2,15H2,1H3/b23-13-. The number of thioether (sulfide) groups is 1. The molecule has 6 nitrogen and oxygen atoms in total. The fourth-order valence-corrected chi connectivity index (χ4v) is 4.37. The van der Waals surface area contributed by atoms with Gasteiger partial charge >= 0.3 is 5.97 Å². The SMILES string of the molecule is CCOc1cc(/C=C2\SC(=O)N(Cc3ccc(F)cc3Cl)C2=O)ccc1OC(=O)c1ccccc1. The maximum atomic E-state index is 13.3. The van der Waals surface area contributed by atoms with Crippen molar-refractivity contribution in [3.63, 3.8) is 0 Å². The predicted molar refractivity (Wildman–Crippen MR) is 132 cm³/mol. The van der Waals surface area contributed by atoms with Gasteiger partial charge in [-0.05, 0) is 72.3 Å². The number of ether oxygens (including phenoxy) is 2. The summed E-state index contributed by atoms with van der Waals surface area (Å²) < 4.78 is 24.4. The predicted octanol–water partition coefficient (Wildman–Crippen LogP) is 6.33. The molecule has 0 radical (unpaired) electrons. The molecule has 0 unspecified atom stereocenters. The first kappa shape index (κ1) is 24.5. The zero-order chi connectivity index (χ0) is 24.9. The monoisotopic (exact) mass is 511 g/mol. The van der Waals surface area contributed by atoms with Gasteiger partial charge in [-0.1, -0.05) is 41.9 Å². The minimum Gasteiger partial charge on any atom is -0.490 e. The van der Waals surface area contributed by atoms with Crippen molar-refractivity contribution >= 4 is 46.6 Å². The second-order valence-electron chi connectivity index (χ2n) is 7.40. The van der Waals surface area contributed by atoms with E-state index in [9.17, 15) is 18.8 Å². The number of hydrogen-bond donors (Lipinski definition) is 0. The molecule has 0 aliphatic carbocycles. The number of imide groups is 1. The van der Waals surface area contributed by atoms with Gasteiger partial charge in [0.2, 0.25) is 0 Å². The van der Waals surface area contributed by atoms with Crippen molar-refractivity contribution in [2.75, 3.05) is 6.61 Å². The van der Waals surface area contributed by atoms with Gasteiger partial charge in [-0.3, -0.25) is 14.5 Å². The van der Waals surface area contributed by atoms with Gasteiger partial charge in [0.25, 0.3) is 11.1 Å². The molecule has 0 spiro atoms. The summed E-state index contributed by atoms with van der Waals surface area (Å²) in [7, 11) is 0. The lowest BCUT2D eigenvalue weighted by Crippen LogP contribution is -2.27. The molecule has 0 atom stereocenters. The molecule has 1 saturated heterocycles. The second-order valence-corrected chi connectivity index (χ2v) is 8.80. The fourth-order valence-electron chi connectivity index (χ4n) is 3.31. The quantitative estimate of drug-likeness (QED) is 0.209. The molecule has 178 valence electrons. The highest BCUT2D eigenvalue weighted by Gasteiger charge is 2.35. The molecule has 0 N–H and O–H groups in total. The average Bonchev–Trinajstić information content (AvgIpc) is 3.10. The van der Waals surface area contributed by atoms with E-state index >= 15 is 0 Å². The topological polar surface area (TPSA) is 72.9 Å². The Balaban J connectivity index is 1.54. The molecule has 3 aromatic rings. The summed E-state index contributed by atoms with van der Waals surface area (Å²) in [6.07, 6.45) is 1.56. The van der Waals surface area contributed by atoms with E-state index in [2.05, 4.69) is 0 Å². The second kappa shape index (κ2) is 10.8. The number of halogens is 2. The lowest BCUT2D eigenvalue weighted by Gasteiger charge is -2.13. The van der Waals surface area contributed by atoms with Crippen molar-refractivity contribution in [2.24, 2.45) is 0 Å². The van der Waals surface area contributed by atoms with Crippen LogP contribution in [0.5, 0.6) is 11.5 Å². The molecule has 35 heavy (non-hydrogen) atoms. The van der Waals surface area contributed by atoms with E-state index in [0.717, 1.165) is 22.7 Å². The van der Waals surface area contributed by atoms with Crippen molar-refractivity contribution < 1.29 is 28.2 Å². The number of hydrogen-bond acceptors (Lipinski definition) is 6. The maximum absolute atomic E-state index is 13.3. The lowest BCUT2D eigenvalue weighted by molar-refractivity contribution is -0.123. The summed E-state index contributed by atoms with van der Waals surface area (Å²) in [5.74, 6) is -0.964. The molecule has 3 aromatic carbocycles. The van der Waals surface area contributed by atoms with E-state index in [1.807, 2.05) is 0 Å². The first-order valence-electron chi connectivity index (χ1n) is 10.6. The molecular formula is C26H19ClFNO5S. The number of carbonyl (C=O) groups is 3. The zero-order valence-electron chi connectivity index (χ0n) is 18.5. The Bertz CT molecular complexity index is 1330. The van der Waals surface area contributed by atoms with Crippen LogP contribution in [-0.4, -0.2) is 28.6 Å². The first-order chi connectivity index (χ1) is 16.9. The number of benzene rings is 3. The van der Waals surface area contributed by atoms with Crippen LogP contribution >= 0.6 is 23.4 Å². The summed E-state index contributed by atoms with van der Waals surface area (Å²) in [4.78, 5) is 39.1. The number of rotatable bonds is 7. The van der Waals surface area contributed by atoms with Gasteiger partial charge in [-0.25, -0.2) is 9.18 Å². The van der Waals surface area contributed by atoms with Crippen molar-refractivity contribution in [3.8, 4) is 11.5 Å². The van der Waals surface area contributed by atoms with Gasteiger partial charge in [0.05, 0.1) is 23.6 Å². The van der Waals surface area contributed by atoms with Gasteiger partial charge in [-0.15, -0.1) is 0 Å². The summed E-state index contributed by atoms with van der Waals surface area (Å²) in [5, 5.41) is -0.324. The molecule has 1 heterocycles. The third-order valence-electron chi connectivity index (χ3n) is 4.99. The van der Waals surface area contributed by atoms with Gasteiger partial charge in [0.1, 0.15) is 5.82 Å². The number of nitrogens with zero attached hydrogens (tertiary/aromatic N) is 1. The fraction of sp³-hybridized carbons (Fsp3) is 0.115. The molecule has 0 saturated carbocycles. The third-order valence-corrected chi connectivity index (χ3v) is 6.25. The van der Waals surface area contributed by atoms with E-state index in [1.54, 1.807) is 61.5 Å². The molecule has 9 heteroatoms. The van der Waals surface area contributed by atoms with Gasteiger partial charge in [0.15, 0.2) is 11.5 Å². The van der Waals surface area contributed by atoms with Crippen LogP contribution in [0, 0.1) is 5.82 Å². The number of esters is 1. The van der Waals surface area contributed by atoms with Crippen LogP contribution in [0.3, 0.4) is 0 Å². The highest BCUT2D eigenvalue weighted by molar-refractivity contribution is 8.18. The van der Waals surface area contributed by atoms with Crippen molar-refractivity contribution in [1.82, 2.24) is 4.90 Å². The maximum Gasteiger partial charge on any atom is 0.343 e. The molecule has 1 aliphatic heterocycles. The lowest BCUT2D eigenvalue weighted by atomic mass is 10.1. The Morgan fingerprint density at radius 3 is 2.54 bits per heavy atom. The van der Waals surface area contributed by atoms with Crippen molar-refractivity contribution in [1.29, 1.82) is 0 Å². The van der Waals surface area contributed by atoms with Crippen molar-refractivity contribution in [2.45, 2.75) is 13.5 Å². The molecule has 1 fully saturated rings. The minimum atomic E-state index is -0.528. The van der Waals surface area contributed by atoms with Crippen LogP contribution in [0.4, 0.5) is 9.18 Å². The summed E-state index contributed by atoms with van der Waals surface area (Å²) in [5.41, 5.74) is 1.44. The van der Waals surface area contributed by atoms with E-state index in [1.165, 1.54) is 12.1 Å². The Labute approximate surface area is 210 Å². The normalized spacial score (nSPS) is 14.5. The Morgan fingerprint density at radius 1 is 1.06 bits per heavy atom. The number of amides is 2. The van der Waals surface area contributed by atoms with Gasteiger partial charge in [-0.2, -0.15) is 0 Å². The summed E-state index contributed by atoms with van der Waals surface area (Å²) in [6, 6.07) is 17.2. The van der Waals surface area contributed by atoms with Crippen LogP contribution in [-0.2, 0) is 11.3 Å².